The number of hydrogen-bond donors (Lipinski definition) is 2. The first-order chi connectivity index (χ1) is 13.9. The van der Waals surface area contributed by atoms with Crippen LogP contribution in [-0.4, -0.2) is 37.8 Å². The molecule has 6 rings (SSSR count). The molecule has 0 aliphatic heterocycles. The summed E-state index contributed by atoms with van der Waals surface area (Å²) in [6, 6.07) is 5.37. The molecule has 0 radical (unpaired) electrons. The van der Waals surface area contributed by atoms with Gasteiger partial charge in [0.05, 0.1) is 11.9 Å². The number of rotatable bonds is 4. The van der Waals surface area contributed by atoms with Crippen LogP contribution in [0.25, 0.3) is 0 Å². The van der Waals surface area contributed by atoms with Gasteiger partial charge >= 0.3 is 0 Å². The third-order valence-electron chi connectivity index (χ3n) is 6.70. The Bertz CT molecular complexity index is 947. The van der Waals surface area contributed by atoms with E-state index in [1.807, 2.05) is 13.0 Å². The van der Waals surface area contributed by atoms with Gasteiger partial charge in [-0.25, -0.2) is 4.98 Å². The molecule has 4 bridgehead atoms. The van der Waals surface area contributed by atoms with E-state index in [0.29, 0.717) is 23.2 Å². The van der Waals surface area contributed by atoms with E-state index in [4.69, 9.17) is 0 Å². The van der Waals surface area contributed by atoms with Crippen molar-refractivity contribution in [1.29, 1.82) is 0 Å². The molecule has 7 nitrogen and oxygen atoms in total. The van der Waals surface area contributed by atoms with E-state index in [1.165, 1.54) is 12.6 Å². The van der Waals surface area contributed by atoms with Crippen LogP contribution in [0.2, 0.25) is 0 Å². The lowest BCUT2D eigenvalue weighted by Crippen LogP contribution is -2.70. The largest absolute Gasteiger partial charge is 0.345 e. The molecular formula is C22H25N5O2. The average molecular weight is 391 g/mol. The molecule has 2 unspecified atom stereocenters. The van der Waals surface area contributed by atoms with Crippen LogP contribution in [-0.2, 0) is 0 Å². The van der Waals surface area contributed by atoms with Crippen LogP contribution in [0.3, 0.4) is 0 Å². The van der Waals surface area contributed by atoms with Crippen LogP contribution in [0.4, 0.5) is 0 Å². The van der Waals surface area contributed by atoms with Crippen molar-refractivity contribution in [3.8, 4) is 0 Å². The summed E-state index contributed by atoms with van der Waals surface area (Å²) in [4.78, 5) is 38.4. The Kier molecular flexibility index (Phi) is 4.15. The van der Waals surface area contributed by atoms with Gasteiger partial charge in [-0.2, -0.15) is 0 Å². The minimum absolute atomic E-state index is 0.126. The quantitative estimate of drug-likeness (QED) is 0.834. The highest BCUT2D eigenvalue weighted by atomic mass is 16.2. The Morgan fingerprint density at radius 3 is 2.21 bits per heavy atom. The predicted molar refractivity (Wildman–Crippen MR) is 106 cm³/mol. The lowest BCUT2D eigenvalue weighted by atomic mass is 9.49. The molecule has 4 aliphatic carbocycles. The first-order valence-electron chi connectivity index (χ1n) is 10.3. The number of nitrogens with one attached hydrogen (secondary N) is 2. The van der Waals surface area contributed by atoms with Crippen molar-refractivity contribution in [3.63, 3.8) is 0 Å². The monoisotopic (exact) mass is 391 g/mol. The summed E-state index contributed by atoms with van der Waals surface area (Å²) in [5.41, 5.74) is 0.958. The van der Waals surface area contributed by atoms with Gasteiger partial charge in [-0.05, 0) is 69.4 Å². The Morgan fingerprint density at radius 1 is 0.966 bits per heavy atom. The molecule has 0 aromatic carbocycles. The zero-order valence-corrected chi connectivity index (χ0v) is 16.5. The molecule has 150 valence electrons. The Balaban J connectivity index is 1.38. The minimum Gasteiger partial charge on any atom is -0.345 e. The molecule has 2 aromatic rings. The smallest absolute Gasteiger partial charge is 0.271 e. The fourth-order valence-corrected chi connectivity index (χ4v) is 6.23. The summed E-state index contributed by atoms with van der Waals surface area (Å²) >= 11 is 0. The molecule has 2 atom stereocenters. The molecule has 2 N–H and O–H groups in total. The second-order valence-electron chi connectivity index (χ2n) is 9.19. The molecule has 2 aromatic heterocycles. The summed E-state index contributed by atoms with van der Waals surface area (Å²) in [5, 5.41) is 6.60. The normalized spacial score (nSPS) is 32.0. The Hall–Kier alpha value is -2.83. The third kappa shape index (κ3) is 3.39. The van der Waals surface area contributed by atoms with E-state index < -0.39 is 0 Å². The summed E-state index contributed by atoms with van der Waals surface area (Å²) in [6.45, 7) is 1.83. The fourth-order valence-electron chi connectivity index (χ4n) is 6.23. The predicted octanol–water partition coefficient (Wildman–Crippen LogP) is 2.43. The first-order valence-corrected chi connectivity index (χ1v) is 10.3. The Labute approximate surface area is 169 Å². The highest BCUT2D eigenvalue weighted by molar-refractivity contribution is 5.93. The molecule has 4 aliphatic rings. The number of aryl methyl sites for hydroxylation is 1. The molecule has 0 spiro atoms. The second-order valence-corrected chi connectivity index (χ2v) is 9.19. The fraction of sp³-hybridized carbons (Fsp3) is 0.500. The van der Waals surface area contributed by atoms with Crippen LogP contribution >= 0.6 is 0 Å². The van der Waals surface area contributed by atoms with Gasteiger partial charge in [-0.1, -0.05) is 6.07 Å². The maximum Gasteiger partial charge on any atom is 0.271 e. The van der Waals surface area contributed by atoms with E-state index in [-0.39, 0.29) is 22.9 Å². The van der Waals surface area contributed by atoms with Crippen molar-refractivity contribution in [2.45, 2.75) is 56.5 Å². The van der Waals surface area contributed by atoms with Crippen molar-refractivity contribution in [2.24, 2.45) is 11.8 Å². The highest BCUT2D eigenvalue weighted by Gasteiger charge is 2.58. The Morgan fingerprint density at radius 2 is 1.62 bits per heavy atom. The second kappa shape index (κ2) is 6.61. The van der Waals surface area contributed by atoms with Crippen molar-refractivity contribution in [2.75, 3.05) is 0 Å². The van der Waals surface area contributed by atoms with Gasteiger partial charge in [0.25, 0.3) is 11.8 Å². The van der Waals surface area contributed by atoms with Crippen LogP contribution < -0.4 is 10.6 Å². The van der Waals surface area contributed by atoms with E-state index in [0.717, 1.165) is 37.8 Å². The van der Waals surface area contributed by atoms with E-state index >= 15 is 0 Å². The van der Waals surface area contributed by atoms with Crippen molar-refractivity contribution in [1.82, 2.24) is 25.6 Å². The van der Waals surface area contributed by atoms with Crippen LogP contribution in [0, 0.1) is 18.8 Å². The average Bonchev–Trinajstić information content (AvgIpc) is 2.67. The van der Waals surface area contributed by atoms with Crippen LogP contribution in [0.1, 0.15) is 65.2 Å². The van der Waals surface area contributed by atoms with Crippen molar-refractivity contribution < 1.29 is 9.59 Å². The maximum atomic E-state index is 12.9. The van der Waals surface area contributed by atoms with Crippen molar-refractivity contribution >= 4 is 11.8 Å². The molecule has 4 fully saturated rings. The van der Waals surface area contributed by atoms with Crippen LogP contribution in [0.15, 0.2) is 36.8 Å². The third-order valence-corrected chi connectivity index (χ3v) is 6.70. The lowest BCUT2D eigenvalue weighted by Gasteiger charge is -2.62. The van der Waals surface area contributed by atoms with Gasteiger partial charge in [0, 0.05) is 23.5 Å². The van der Waals surface area contributed by atoms with Crippen LogP contribution in [0.5, 0.6) is 0 Å². The molecule has 2 amide bonds. The number of carbonyl (C=O) groups excluding carboxylic acids is 2. The summed E-state index contributed by atoms with van der Waals surface area (Å²) in [5.74, 6) is 0.737. The van der Waals surface area contributed by atoms with Gasteiger partial charge in [-0.15, -0.1) is 0 Å². The molecule has 2 heterocycles. The van der Waals surface area contributed by atoms with E-state index in [1.54, 1.807) is 24.5 Å². The zero-order valence-electron chi connectivity index (χ0n) is 16.5. The number of aromatic nitrogens is 3. The SMILES string of the molecule is Cc1cncc(C(=O)NC23CC4CC(CC(NC(=O)c5ccccn5)(C4)C2)C3)n1. The summed E-state index contributed by atoms with van der Waals surface area (Å²) in [6.07, 6.45) is 10.6. The van der Waals surface area contributed by atoms with Gasteiger partial charge in [-0.3, -0.25) is 19.6 Å². The summed E-state index contributed by atoms with van der Waals surface area (Å²) in [7, 11) is 0. The summed E-state index contributed by atoms with van der Waals surface area (Å²) < 4.78 is 0. The van der Waals surface area contributed by atoms with Gasteiger partial charge in [0.2, 0.25) is 0 Å². The topological polar surface area (TPSA) is 96.9 Å². The van der Waals surface area contributed by atoms with E-state index in [2.05, 4.69) is 25.6 Å². The molecule has 29 heavy (non-hydrogen) atoms. The molecule has 0 saturated heterocycles. The van der Waals surface area contributed by atoms with Gasteiger partial charge in [0.15, 0.2) is 0 Å². The lowest BCUT2D eigenvalue weighted by molar-refractivity contribution is -0.0449. The van der Waals surface area contributed by atoms with Gasteiger partial charge in [0.1, 0.15) is 11.4 Å². The number of nitrogens with zero attached hydrogens (tertiary/aromatic N) is 3. The zero-order chi connectivity index (χ0) is 20.1. The van der Waals surface area contributed by atoms with Crippen molar-refractivity contribution in [3.05, 3.63) is 53.9 Å². The van der Waals surface area contributed by atoms with Gasteiger partial charge < -0.3 is 10.6 Å². The number of pyridine rings is 1. The molecular weight excluding hydrogens is 366 g/mol. The first kappa shape index (κ1) is 18.2. The number of hydrogen-bond acceptors (Lipinski definition) is 5. The standard InChI is InChI=1S/C22H25N5O2/c1-14-11-23-12-18(25-14)20(29)27-22-9-15-6-16(10-22)8-21(7-15,13-22)26-19(28)17-4-2-3-5-24-17/h2-5,11-12,15-16H,6-10,13H2,1H3,(H,26,28)(H,27,29). The minimum atomic E-state index is -0.288. The molecule has 7 heteroatoms. The highest BCUT2D eigenvalue weighted by Crippen LogP contribution is 2.57. The number of carbonyl (C=O) groups is 2. The maximum absolute atomic E-state index is 12.9. The molecule has 4 saturated carbocycles. The number of amides is 2. The van der Waals surface area contributed by atoms with E-state index in [9.17, 15) is 9.59 Å².